The predicted octanol–water partition coefficient (Wildman–Crippen LogP) is 0.947. The summed E-state index contributed by atoms with van der Waals surface area (Å²) in [6.07, 6.45) is 1.59. The van der Waals surface area contributed by atoms with Crippen LogP contribution in [0.3, 0.4) is 0 Å². The van der Waals surface area contributed by atoms with Crippen molar-refractivity contribution in [3.63, 3.8) is 0 Å². The van der Waals surface area contributed by atoms with Crippen molar-refractivity contribution in [3.05, 3.63) is 28.5 Å². The van der Waals surface area contributed by atoms with Gasteiger partial charge < -0.3 is 9.88 Å². The van der Waals surface area contributed by atoms with Gasteiger partial charge in [-0.25, -0.2) is 13.1 Å². The third-order valence-corrected chi connectivity index (χ3v) is 5.52. The van der Waals surface area contributed by atoms with E-state index in [1.807, 2.05) is 13.8 Å². The van der Waals surface area contributed by atoms with Crippen molar-refractivity contribution >= 4 is 21.4 Å². The molecule has 0 saturated carbocycles. The summed E-state index contributed by atoms with van der Waals surface area (Å²) in [5.74, 6) is 0.601. The molecule has 2 rings (SSSR count). The maximum atomic E-state index is 12.4. The summed E-state index contributed by atoms with van der Waals surface area (Å²) in [6.45, 7) is 6.12. The van der Waals surface area contributed by atoms with Gasteiger partial charge in [0.2, 0.25) is 10.0 Å². The van der Waals surface area contributed by atoms with Crippen LogP contribution in [0.5, 0.6) is 0 Å². The highest BCUT2D eigenvalue weighted by Crippen LogP contribution is 2.21. The number of nitrogens with zero attached hydrogens (tertiary/aromatic N) is 3. The summed E-state index contributed by atoms with van der Waals surface area (Å²) in [5, 5.41) is 12.6. The SMILES string of the molecule is CCNCc1sccc1S(=O)(=O)NCc1nncn1CC. The van der Waals surface area contributed by atoms with Gasteiger partial charge in [0.15, 0.2) is 0 Å². The number of hydrogen-bond acceptors (Lipinski definition) is 6. The predicted molar refractivity (Wildman–Crippen MR) is 81.4 cm³/mol. The average molecular weight is 329 g/mol. The minimum Gasteiger partial charge on any atom is -0.317 e. The number of rotatable bonds is 8. The Morgan fingerprint density at radius 2 is 2.14 bits per heavy atom. The highest BCUT2D eigenvalue weighted by atomic mass is 32.2. The largest absolute Gasteiger partial charge is 0.317 e. The van der Waals surface area contributed by atoms with Crippen LogP contribution in [0.4, 0.5) is 0 Å². The number of nitrogens with one attached hydrogen (secondary N) is 2. The van der Waals surface area contributed by atoms with E-state index in [0.717, 1.165) is 11.4 Å². The van der Waals surface area contributed by atoms with Crippen molar-refractivity contribution in [1.29, 1.82) is 0 Å². The second-order valence-electron chi connectivity index (χ2n) is 4.35. The van der Waals surface area contributed by atoms with Gasteiger partial charge in [-0.15, -0.1) is 21.5 Å². The molecule has 9 heteroatoms. The first-order chi connectivity index (χ1) is 10.1. The lowest BCUT2D eigenvalue weighted by atomic mass is 10.4. The van der Waals surface area contributed by atoms with Crippen LogP contribution in [0.15, 0.2) is 22.7 Å². The molecule has 0 atom stereocenters. The molecule has 7 nitrogen and oxygen atoms in total. The average Bonchev–Trinajstić information content (AvgIpc) is 3.11. The summed E-state index contributed by atoms with van der Waals surface area (Å²) in [4.78, 5) is 1.14. The molecule has 2 aromatic rings. The fourth-order valence-corrected chi connectivity index (χ4v) is 4.24. The highest BCUT2D eigenvalue weighted by Gasteiger charge is 2.20. The monoisotopic (exact) mass is 329 g/mol. The molecule has 2 aromatic heterocycles. The fourth-order valence-electron chi connectivity index (χ4n) is 1.85. The quantitative estimate of drug-likeness (QED) is 0.753. The second-order valence-corrected chi connectivity index (χ2v) is 7.08. The van der Waals surface area contributed by atoms with Gasteiger partial charge >= 0.3 is 0 Å². The van der Waals surface area contributed by atoms with Crippen LogP contribution in [0.2, 0.25) is 0 Å². The minimum atomic E-state index is -3.54. The van der Waals surface area contributed by atoms with Crippen molar-refractivity contribution in [3.8, 4) is 0 Å². The Morgan fingerprint density at radius 1 is 1.33 bits per heavy atom. The molecular formula is C12H19N5O2S2. The van der Waals surface area contributed by atoms with Gasteiger partial charge in [0, 0.05) is 18.0 Å². The molecule has 2 heterocycles. The van der Waals surface area contributed by atoms with Crippen molar-refractivity contribution in [2.24, 2.45) is 0 Å². The van der Waals surface area contributed by atoms with E-state index in [4.69, 9.17) is 0 Å². The van der Waals surface area contributed by atoms with Gasteiger partial charge in [-0.05, 0) is 24.9 Å². The van der Waals surface area contributed by atoms with E-state index in [1.54, 1.807) is 22.3 Å². The van der Waals surface area contributed by atoms with Crippen molar-refractivity contribution < 1.29 is 8.42 Å². The summed E-state index contributed by atoms with van der Waals surface area (Å²) >= 11 is 1.43. The first kappa shape index (κ1) is 16.1. The number of aromatic nitrogens is 3. The normalized spacial score (nSPS) is 11.9. The van der Waals surface area contributed by atoms with Gasteiger partial charge in [-0.3, -0.25) is 0 Å². The van der Waals surface area contributed by atoms with Crippen molar-refractivity contribution in [2.75, 3.05) is 6.54 Å². The van der Waals surface area contributed by atoms with Crippen LogP contribution < -0.4 is 10.0 Å². The molecule has 0 aliphatic rings. The Morgan fingerprint density at radius 3 is 2.86 bits per heavy atom. The molecule has 0 bridgehead atoms. The van der Waals surface area contributed by atoms with Crippen LogP contribution in [0, 0.1) is 0 Å². The van der Waals surface area contributed by atoms with Gasteiger partial charge in [0.1, 0.15) is 12.2 Å². The second kappa shape index (κ2) is 7.12. The molecule has 0 unspecified atom stereocenters. The first-order valence-electron chi connectivity index (χ1n) is 6.72. The first-order valence-corrected chi connectivity index (χ1v) is 9.08. The summed E-state index contributed by atoms with van der Waals surface area (Å²) in [6, 6.07) is 1.63. The summed E-state index contributed by atoms with van der Waals surface area (Å²) in [7, 11) is -3.54. The molecule has 0 aromatic carbocycles. The van der Waals surface area contributed by atoms with Crippen molar-refractivity contribution in [1.82, 2.24) is 24.8 Å². The Hall–Kier alpha value is -1.29. The molecule has 2 N–H and O–H groups in total. The Bertz CT molecular complexity index is 677. The van der Waals surface area contributed by atoms with Crippen LogP contribution in [0.25, 0.3) is 0 Å². The summed E-state index contributed by atoms with van der Waals surface area (Å²) in [5.41, 5.74) is 0. The minimum absolute atomic E-state index is 0.132. The number of sulfonamides is 1. The van der Waals surface area contributed by atoms with Crippen LogP contribution >= 0.6 is 11.3 Å². The van der Waals surface area contributed by atoms with Crippen LogP contribution in [-0.4, -0.2) is 29.7 Å². The van der Waals surface area contributed by atoms with Crippen LogP contribution in [0.1, 0.15) is 24.5 Å². The lowest BCUT2D eigenvalue weighted by molar-refractivity contribution is 0.573. The zero-order valence-corrected chi connectivity index (χ0v) is 13.7. The molecule has 0 amide bonds. The number of hydrogen-bond donors (Lipinski definition) is 2. The van der Waals surface area contributed by atoms with Gasteiger partial charge in [0.25, 0.3) is 0 Å². The smallest absolute Gasteiger partial charge is 0.242 e. The van der Waals surface area contributed by atoms with E-state index < -0.39 is 10.0 Å². The molecule has 0 aliphatic carbocycles. The van der Waals surface area contributed by atoms with E-state index in [9.17, 15) is 8.42 Å². The fraction of sp³-hybridized carbons (Fsp3) is 0.500. The Kier molecular flexibility index (Phi) is 5.45. The molecular weight excluding hydrogens is 310 g/mol. The maximum absolute atomic E-state index is 12.4. The lowest BCUT2D eigenvalue weighted by Crippen LogP contribution is -2.26. The zero-order chi connectivity index (χ0) is 15.3. The molecule has 116 valence electrons. The van der Waals surface area contributed by atoms with Gasteiger partial charge in [0.05, 0.1) is 11.4 Å². The molecule has 0 spiro atoms. The van der Waals surface area contributed by atoms with E-state index in [1.165, 1.54) is 11.3 Å². The third-order valence-electron chi connectivity index (χ3n) is 2.99. The highest BCUT2D eigenvalue weighted by molar-refractivity contribution is 7.89. The lowest BCUT2D eigenvalue weighted by Gasteiger charge is -2.08. The van der Waals surface area contributed by atoms with Gasteiger partial charge in [-0.1, -0.05) is 6.92 Å². The number of aryl methyl sites for hydroxylation is 1. The Balaban J connectivity index is 2.10. The van der Waals surface area contributed by atoms with E-state index >= 15 is 0 Å². The van der Waals surface area contributed by atoms with Gasteiger partial charge in [-0.2, -0.15) is 0 Å². The number of thiophene rings is 1. The summed E-state index contributed by atoms with van der Waals surface area (Å²) < 4.78 is 29.1. The van der Waals surface area contributed by atoms with Crippen molar-refractivity contribution in [2.45, 2.75) is 38.4 Å². The molecule has 0 aliphatic heterocycles. The topological polar surface area (TPSA) is 88.9 Å². The van der Waals surface area contributed by atoms with E-state index in [2.05, 4.69) is 20.2 Å². The van der Waals surface area contributed by atoms with E-state index in [0.29, 0.717) is 23.8 Å². The van der Waals surface area contributed by atoms with E-state index in [-0.39, 0.29) is 6.54 Å². The molecule has 0 fully saturated rings. The molecule has 0 saturated heterocycles. The Labute approximate surface area is 128 Å². The maximum Gasteiger partial charge on any atom is 0.242 e. The standard InChI is InChI=1S/C12H19N5O2S2/c1-3-13-7-10-11(5-6-20-10)21(18,19)15-8-12-16-14-9-17(12)4-2/h5-6,9,13,15H,3-4,7-8H2,1-2H3. The van der Waals surface area contributed by atoms with Crippen LogP contribution in [-0.2, 0) is 29.7 Å². The third kappa shape index (κ3) is 3.88. The zero-order valence-electron chi connectivity index (χ0n) is 12.0. The molecule has 0 radical (unpaired) electrons. The molecule has 21 heavy (non-hydrogen) atoms.